The number of nitrogens with one attached hydrogen (secondary N) is 1. The number of anilines is 1. The smallest absolute Gasteiger partial charge is 0.220 e. The normalized spacial score (nSPS) is 17.3. The lowest BCUT2D eigenvalue weighted by molar-refractivity contribution is 0.602. The summed E-state index contributed by atoms with van der Waals surface area (Å²) in [5.74, 6) is 0. The highest BCUT2D eigenvalue weighted by atomic mass is 35.5. The number of halogens is 1. The van der Waals surface area contributed by atoms with Crippen molar-refractivity contribution in [1.82, 2.24) is 0 Å². The summed E-state index contributed by atoms with van der Waals surface area (Å²) in [7, 11) is -3.70. The van der Waals surface area contributed by atoms with Gasteiger partial charge in [-0.1, -0.05) is 11.6 Å². The fraction of sp³-hybridized carbons (Fsp3) is 0.100. The Morgan fingerprint density at radius 3 is 2.75 bits per heavy atom. The Morgan fingerprint density at radius 2 is 2.12 bits per heavy atom. The van der Waals surface area contributed by atoms with E-state index in [9.17, 15) is 8.42 Å². The topological polar surface area (TPSA) is 70.0 Å². The molecule has 1 aliphatic heterocycles. The molecule has 1 heterocycles. The molecule has 0 atom stereocenters. The maximum atomic E-state index is 12.0. The summed E-state index contributed by atoms with van der Waals surface area (Å²) >= 11 is 5.77. The predicted octanol–water partition coefficient (Wildman–Crippen LogP) is 2.29. The zero-order valence-electron chi connectivity index (χ0n) is 8.28. The van der Waals surface area contributed by atoms with Crippen molar-refractivity contribution in [3.8, 4) is 6.07 Å². The lowest BCUT2D eigenvalue weighted by atomic mass is 10.3. The van der Waals surface area contributed by atoms with Crippen LogP contribution in [0, 0.1) is 11.3 Å². The van der Waals surface area contributed by atoms with Crippen molar-refractivity contribution in [2.45, 2.75) is 11.8 Å². The summed E-state index contributed by atoms with van der Waals surface area (Å²) < 4.78 is 24.0. The van der Waals surface area contributed by atoms with E-state index in [1.807, 2.05) is 0 Å². The van der Waals surface area contributed by atoms with E-state index >= 15 is 0 Å². The number of rotatable bonds is 0. The second-order valence-electron chi connectivity index (χ2n) is 3.33. The van der Waals surface area contributed by atoms with E-state index in [1.54, 1.807) is 13.0 Å². The SMILES string of the molecule is CC1=C(C#N)S(=O)(=O)c2ccc(Cl)cc2N1. The molecule has 82 valence electrons. The largest absolute Gasteiger partial charge is 0.356 e. The summed E-state index contributed by atoms with van der Waals surface area (Å²) in [5.41, 5.74) is 0.723. The van der Waals surface area contributed by atoms with E-state index in [2.05, 4.69) is 5.32 Å². The highest BCUT2D eigenvalue weighted by Gasteiger charge is 2.30. The first kappa shape index (κ1) is 11.0. The van der Waals surface area contributed by atoms with Crippen molar-refractivity contribution in [2.24, 2.45) is 0 Å². The van der Waals surface area contributed by atoms with Crippen LogP contribution in [0.5, 0.6) is 0 Å². The molecular weight excluding hydrogens is 248 g/mol. The third-order valence-corrected chi connectivity index (χ3v) is 4.37. The molecule has 1 aromatic rings. The quantitative estimate of drug-likeness (QED) is 0.771. The minimum Gasteiger partial charge on any atom is -0.356 e. The Morgan fingerprint density at radius 1 is 1.44 bits per heavy atom. The average Bonchev–Trinajstić information content (AvgIpc) is 2.16. The predicted molar refractivity (Wildman–Crippen MR) is 60.6 cm³/mol. The van der Waals surface area contributed by atoms with Gasteiger partial charge in [-0.15, -0.1) is 0 Å². The third-order valence-electron chi connectivity index (χ3n) is 2.26. The van der Waals surface area contributed by atoms with Crippen LogP contribution in [-0.4, -0.2) is 8.42 Å². The molecule has 2 rings (SSSR count). The monoisotopic (exact) mass is 254 g/mol. The minimum atomic E-state index is -3.70. The highest BCUT2D eigenvalue weighted by molar-refractivity contribution is 7.95. The molecule has 0 saturated heterocycles. The van der Waals surface area contributed by atoms with Gasteiger partial charge in [0, 0.05) is 10.7 Å². The first-order valence-electron chi connectivity index (χ1n) is 4.39. The van der Waals surface area contributed by atoms with Gasteiger partial charge in [-0.3, -0.25) is 0 Å². The summed E-state index contributed by atoms with van der Waals surface area (Å²) in [6.45, 7) is 1.54. The molecule has 1 N–H and O–H groups in total. The maximum Gasteiger partial charge on any atom is 0.220 e. The lowest BCUT2D eigenvalue weighted by Crippen LogP contribution is -2.17. The van der Waals surface area contributed by atoms with Crippen LogP contribution in [0.3, 0.4) is 0 Å². The van der Waals surface area contributed by atoms with Crippen LogP contribution < -0.4 is 5.32 Å². The molecule has 0 bridgehead atoms. The molecule has 6 heteroatoms. The van der Waals surface area contributed by atoms with Crippen LogP contribution in [0.15, 0.2) is 33.7 Å². The number of fused-ring (bicyclic) bond motifs is 1. The molecule has 4 nitrogen and oxygen atoms in total. The molecule has 0 aliphatic carbocycles. The van der Waals surface area contributed by atoms with Crippen LogP contribution in [0.1, 0.15) is 6.92 Å². The van der Waals surface area contributed by atoms with E-state index in [1.165, 1.54) is 18.2 Å². The number of hydrogen-bond donors (Lipinski definition) is 1. The van der Waals surface area contributed by atoms with Gasteiger partial charge < -0.3 is 5.32 Å². The molecule has 0 aromatic heterocycles. The van der Waals surface area contributed by atoms with Crippen molar-refractivity contribution >= 4 is 27.1 Å². The molecule has 0 spiro atoms. The van der Waals surface area contributed by atoms with Crippen LogP contribution in [0.25, 0.3) is 0 Å². The molecule has 0 radical (unpaired) electrons. The Hall–Kier alpha value is -1.51. The summed E-state index contributed by atoms with van der Waals surface area (Å²) in [5, 5.41) is 12.1. The van der Waals surface area contributed by atoms with Crippen LogP contribution in [0.4, 0.5) is 5.69 Å². The molecule has 16 heavy (non-hydrogen) atoms. The van der Waals surface area contributed by atoms with Gasteiger partial charge in [-0.2, -0.15) is 5.26 Å². The minimum absolute atomic E-state index is 0.0825. The number of benzene rings is 1. The molecule has 0 fully saturated rings. The van der Waals surface area contributed by atoms with Crippen molar-refractivity contribution in [3.63, 3.8) is 0 Å². The highest BCUT2D eigenvalue weighted by Crippen LogP contribution is 2.35. The first-order valence-corrected chi connectivity index (χ1v) is 6.25. The third kappa shape index (κ3) is 1.47. The summed E-state index contributed by atoms with van der Waals surface area (Å²) in [4.78, 5) is -0.165. The molecule has 1 aliphatic rings. The number of nitriles is 1. The van der Waals surface area contributed by atoms with Crippen LogP contribution in [-0.2, 0) is 9.84 Å². The molecule has 1 aromatic carbocycles. The summed E-state index contributed by atoms with van der Waals surface area (Å²) in [6.07, 6.45) is 0. The van der Waals surface area contributed by atoms with Gasteiger partial charge in [-0.25, -0.2) is 8.42 Å². The van der Waals surface area contributed by atoms with E-state index in [0.717, 1.165) is 0 Å². The second-order valence-corrected chi connectivity index (χ2v) is 5.63. The number of hydrogen-bond acceptors (Lipinski definition) is 4. The van der Waals surface area contributed by atoms with Gasteiger partial charge in [0.2, 0.25) is 9.84 Å². The van der Waals surface area contributed by atoms with Gasteiger partial charge in [0.15, 0.2) is 4.91 Å². The fourth-order valence-electron chi connectivity index (χ4n) is 1.55. The zero-order valence-corrected chi connectivity index (χ0v) is 9.85. The molecule has 0 saturated carbocycles. The molecule has 0 unspecified atom stereocenters. The van der Waals surface area contributed by atoms with Crippen molar-refractivity contribution < 1.29 is 8.42 Å². The van der Waals surface area contributed by atoms with E-state index < -0.39 is 9.84 Å². The molecular formula is C10H7ClN2O2S. The first-order chi connectivity index (χ1) is 7.46. The van der Waals surface area contributed by atoms with Gasteiger partial charge in [0.25, 0.3) is 0 Å². The van der Waals surface area contributed by atoms with Gasteiger partial charge in [-0.05, 0) is 25.1 Å². The van der Waals surface area contributed by atoms with Crippen molar-refractivity contribution in [2.75, 3.05) is 5.32 Å². The van der Waals surface area contributed by atoms with Crippen LogP contribution in [0.2, 0.25) is 5.02 Å². The number of nitrogens with zero attached hydrogens (tertiary/aromatic N) is 1. The lowest BCUT2D eigenvalue weighted by Gasteiger charge is -2.19. The number of sulfone groups is 1. The summed E-state index contributed by atoms with van der Waals surface area (Å²) in [6, 6.07) is 6.09. The second kappa shape index (κ2) is 3.51. The Labute approximate surface area is 98.1 Å². The number of allylic oxidation sites excluding steroid dienone is 2. The standard InChI is InChI=1S/C10H7ClN2O2S/c1-6-10(5-12)16(14,15)9-3-2-7(11)4-8(9)13-6/h2-4,13H,1H3. The fourth-order valence-corrected chi connectivity index (χ4v) is 3.16. The molecule has 0 amide bonds. The van der Waals surface area contributed by atoms with E-state index in [4.69, 9.17) is 16.9 Å². The van der Waals surface area contributed by atoms with Gasteiger partial charge >= 0.3 is 0 Å². The van der Waals surface area contributed by atoms with Crippen LogP contribution >= 0.6 is 11.6 Å². The Bertz CT molecular complexity index is 641. The zero-order chi connectivity index (χ0) is 11.9. The Balaban J connectivity index is 2.78. The maximum absolute atomic E-state index is 12.0. The van der Waals surface area contributed by atoms with Crippen molar-refractivity contribution in [3.05, 3.63) is 33.8 Å². The van der Waals surface area contributed by atoms with Gasteiger partial charge in [0.1, 0.15) is 6.07 Å². The Kier molecular flexibility index (Phi) is 2.41. The van der Waals surface area contributed by atoms with Gasteiger partial charge in [0.05, 0.1) is 10.6 Å². The van der Waals surface area contributed by atoms with E-state index in [0.29, 0.717) is 16.4 Å². The van der Waals surface area contributed by atoms with E-state index in [-0.39, 0.29) is 9.80 Å². The average molecular weight is 255 g/mol. The van der Waals surface area contributed by atoms with Crippen molar-refractivity contribution in [1.29, 1.82) is 5.26 Å².